The van der Waals surface area contributed by atoms with Gasteiger partial charge in [-0.1, -0.05) is 22.0 Å². The maximum absolute atomic E-state index is 8.50. The smallest absolute Gasteiger partial charge is 0.110 e. The zero-order chi connectivity index (χ0) is 8.10. The summed E-state index contributed by atoms with van der Waals surface area (Å²) in [4.78, 5) is 1.89. The highest BCUT2D eigenvalue weighted by Crippen LogP contribution is 2.16. The van der Waals surface area contributed by atoms with Gasteiger partial charge in [-0.25, -0.2) is 0 Å². The van der Waals surface area contributed by atoms with E-state index in [9.17, 15) is 0 Å². The van der Waals surface area contributed by atoms with E-state index >= 15 is 0 Å². The Labute approximate surface area is 78.1 Å². The van der Waals surface area contributed by atoms with Gasteiger partial charge in [-0.3, -0.25) is 0 Å². The minimum absolute atomic E-state index is 0.763. The molecule has 11 heavy (non-hydrogen) atoms. The molecule has 1 heterocycles. The van der Waals surface area contributed by atoms with Gasteiger partial charge in [0.25, 0.3) is 0 Å². The first-order valence-corrected chi connectivity index (χ1v) is 5.03. The maximum atomic E-state index is 8.50. The lowest BCUT2D eigenvalue weighted by Crippen LogP contribution is -1.58. The second-order valence-electron chi connectivity index (χ2n) is 1.87. The number of allylic oxidation sites excluding steroid dienone is 1. The van der Waals surface area contributed by atoms with E-state index in [4.69, 9.17) is 5.26 Å². The number of thiophene rings is 1. The predicted octanol–water partition coefficient (Wildman–Crippen LogP) is 3.03. The van der Waals surface area contributed by atoms with Crippen molar-refractivity contribution in [2.75, 3.05) is 5.33 Å². The molecule has 0 unspecified atom stereocenters. The highest BCUT2D eigenvalue weighted by atomic mass is 79.9. The van der Waals surface area contributed by atoms with Gasteiger partial charge in [0.15, 0.2) is 0 Å². The standard InChI is InChI=1S/C8H6BrNS/c9-5-1-2-7-3-4-8(6-10)11-7/h1-4H,5H2. The summed E-state index contributed by atoms with van der Waals surface area (Å²) in [5.41, 5.74) is 0. The van der Waals surface area contributed by atoms with Gasteiger partial charge < -0.3 is 0 Å². The summed E-state index contributed by atoms with van der Waals surface area (Å²) in [6, 6.07) is 5.88. The highest BCUT2D eigenvalue weighted by Gasteiger charge is 1.93. The Balaban J connectivity index is 2.75. The van der Waals surface area contributed by atoms with Gasteiger partial charge in [-0.15, -0.1) is 11.3 Å². The summed E-state index contributed by atoms with van der Waals surface area (Å²) < 4.78 is 0. The van der Waals surface area contributed by atoms with E-state index in [0.717, 1.165) is 15.1 Å². The van der Waals surface area contributed by atoms with Crippen molar-refractivity contribution >= 4 is 33.3 Å². The first-order valence-electron chi connectivity index (χ1n) is 3.09. The third kappa shape index (κ3) is 2.49. The molecule has 0 saturated carbocycles. The summed E-state index contributed by atoms with van der Waals surface area (Å²) in [5.74, 6) is 0. The molecule has 0 aromatic carbocycles. The Morgan fingerprint density at radius 1 is 1.64 bits per heavy atom. The van der Waals surface area contributed by atoms with Gasteiger partial charge in [0.1, 0.15) is 10.9 Å². The van der Waals surface area contributed by atoms with E-state index in [1.165, 1.54) is 11.3 Å². The molecule has 1 aromatic heterocycles. The summed E-state index contributed by atoms with van der Waals surface area (Å²) in [5, 5.41) is 9.36. The first-order chi connectivity index (χ1) is 5.36. The van der Waals surface area contributed by atoms with Crippen LogP contribution in [0.25, 0.3) is 6.08 Å². The molecule has 0 spiro atoms. The van der Waals surface area contributed by atoms with Crippen molar-refractivity contribution in [2.24, 2.45) is 0 Å². The Bertz CT molecular complexity index is 295. The largest absolute Gasteiger partial charge is 0.192 e. The minimum atomic E-state index is 0.763. The quantitative estimate of drug-likeness (QED) is 0.713. The van der Waals surface area contributed by atoms with E-state index in [0.29, 0.717) is 0 Å². The topological polar surface area (TPSA) is 23.8 Å². The summed E-state index contributed by atoms with van der Waals surface area (Å²) in [7, 11) is 0. The Hall–Kier alpha value is -0.590. The van der Waals surface area contributed by atoms with Crippen LogP contribution in [0.5, 0.6) is 0 Å². The van der Waals surface area contributed by atoms with Gasteiger partial charge >= 0.3 is 0 Å². The molecular weight excluding hydrogens is 222 g/mol. The molecule has 1 nitrogen and oxygen atoms in total. The third-order valence-electron chi connectivity index (χ3n) is 1.11. The van der Waals surface area contributed by atoms with Crippen LogP contribution >= 0.6 is 27.3 Å². The number of halogens is 1. The molecule has 0 fully saturated rings. The van der Waals surface area contributed by atoms with Gasteiger partial charge in [-0.05, 0) is 18.2 Å². The van der Waals surface area contributed by atoms with Crippen LogP contribution in [0.15, 0.2) is 18.2 Å². The lowest BCUT2D eigenvalue weighted by atomic mass is 10.4. The molecule has 1 aromatic rings. The van der Waals surface area contributed by atoms with Crippen LogP contribution in [0.3, 0.4) is 0 Å². The monoisotopic (exact) mass is 227 g/mol. The number of alkyl halides is 1. The predicted molar refractivity (Wildman–Crippen MR) is 51.9 cm³/mol. The Morgan fingerprint density at radius 3 is 3.00 bits per heavy atom. The summed E-state index contributed by atoms with van der Waals surface area (Å²) >= 11 is 4.79. The molecule has 0 radical (unpaired) electrons. The average Bonchev–Trinajstić information content (AvgIpc) is 2.48. The average molecular weight is 228 g/mol. The van der Waals surface area contributed by atoms with Crippen molar-refractivity contribution in [1.82, 2.24) is 0 Å². The highest BCUT2D eigenvalue weighted by molar-refractivity contribution is 9.09. The number of hydrogen-bond acceptors (Lipinski definition) is 2. The van der Waals surface area contributed by atoms with E-state index in [2.05, 4.69) is 22.0 Å². The first kappa shape index (κ1) is 8.51. The molecule has 0 amide bonds. The molecule has 0 N–H and O–H groups in total. The van der Waals surface area contributed by atoms with Crippen molar-refractivity contribution in [3.63, 3.8) is 0 Å². The van der Waals surface area contributed by atoms with E-state index in [1.54, 1.807) is 0 Å². The number of nitrogens with zero attached hydrogens (tertiary/aromatic N) is 1. The van der Waals surface area contributed by atoms with E-state index < -0.39 is 0 Å². The Morgan fingerprint density at radius 2 is 2.45 bits per heavy atom. The van der Waals surface area contributed by atoms with Crippen molar-refractivity contribution in [3.05, 3.63) is 28.0 Å². The molecule has 0 bridgehead atoms. The second-order valence-corrected chi connectivity index (χ2v) is 3.63. The van der Waals surface area contributed by atoms with Gasteiger partial charge in [0.05, 0.1) is 0 Å². The molecule has 0 aliphatic rings. The maximum Gasteiger partial charge on any atom is 0.110 e. The molecule has 3 heteroatoms. The lowest BCUT2D eigenvalue weighted by Gasteiger charge is -1.78. The molecule has 1 rings (SSSR count). The van der Waals surface area contributed by atoms with E-state index in [-0.39, 0.29) is 0 Å². The summed E-state index contributed by atoms with van der Waals surface area (Å²) in [6.07, 6.45) is 4.01. The lowest BCUT2D eigenvalue weighted by molar-refractivity contribution is 1.52. The Kier molecular flexibility index (Phi) is 3.34. The molecule has 0 aliphatic heterocycles. The minimum Gasteiger partial charge on any atom is -0.192 e. The molecule has 0 saturated heterocycles. The van der Waals surface area contributed by atoms with Crippen LogP contribution in [-0.4, -0.2) is 5.33 Å². The summed E-state index contributed by atoms with van der Waals surface area (Å²) in [6.45, 7) is 0. The fourth-order valence-corrected chi connectivity index (χ4v) is 1.59. The molecule has 56 valence electrons. The fraction of sp³-hybridized carbons (Fsp3) is 0.125. The zero-order valence-corrected chi connectivity index (χ0v) is 8.15. The van der Waals surface area contributed by atoms with Gasteiger partial charge in [0.2, 0.25) is 0 Å². The zero-order valence-electron chi connectivity index (χ0n) is 5.75. The molecule has 0 atom stereocenters. The van der Waals surface area contributed by atoms with Crippen LogP contribution in [0, 0.1) is 11.3 Å². The van der Waals surface area contributed by atoms with Crippen molar-refractivity contribution in [2.45, 2.75) is 0 Å². The fourth-order valence-electron chi connectivity index (χ4n) is 0.663. The van der Waals surface area contributed by atoms with Crippen molar-refractivity contribution in [1.29, 1.82) is 5.26 Å². The van der Waals surface area contributed by atoms with Crippen LogP contribution in [0.4, 0.5) is 0 Å². The SMILES string of the molecule is N#Cc1ccc(C=CCBr)s1. The van der Waals surface area contributed by atoms with Crippen LogP contribution in [0.1, 0.15) is 9.75 Å². The normalized spacial score (nSPS) is 10.2. The number of nitriles is 1. The van der Waals surface area contributed by atoms with E-state index in [1.807, 2.05) is 24.3 Å². The van der Waals surface area contributed by atoms with Crippen molar-refractivity contribution < 1.29 is 0 Å². The van der Waals surface area contributed by atoms with Crippen LogP contribution in [0.2, 0.25) is 0 Å². The third-order valence-corrected chi connectivity index (χ3v) is 2.44. The molecule has 0 aliphatic carbocycles. The van der Waals surface area contributed by atoms with Crippen molar-refractivity contribution in [3.8, 4) is 6.07 Å². The number of hydrogen-bond donors (Lipinski definition) is 0. The van der Waals surface area contributed by atoms with Gasteiger partial charge in [-0.2, -0.15) is 5.26 Å². The van der Waals surface area contributed by atoms with Gasteiger partial charge in [0, 0.05) is 10.2 Å². The van der Waals surface area contributed by atoms with Crippen LogP contribution in [-0.2, 0) is 0 Å². The number of rotatable bonds is 2. The molecular formula is C8H6BrNS. The van der Waals surface area contributed by atoms with Crippen LogP contribution < -0.4 is 0 Å². The second kappa shape index (κ2) is 4.32.